The number of carbonyl (C=O) groups is 2. The van der Waals surface area contributed by atoms with E-state index < -0.39 is 0 Å². The van der Waals surface area contributed by atoms with E-state index in [-0.39, 0.29) is 35.1 Å². The van der Waals surface area contributed by atoms with E-state index in [1.54, 1.807) is 12.2 Å². The molecule has 5 nitrogen and oxygen atoms in total. The molecule has 0 saturated carbocycles. The van der Waals surface area contributed by atoms with Gasteiger partial charge in [0.05, 0.1) is 6.42 Å². The minimum Gasteiger partial charge on any atom is 0 e. The Bertz CT molecular complexity index is 273. The number of hydrogen-bond acceptors (Lipinski definition) is 2. The number of rotatable bonds is 0. The summed E-state index contributed by atoms with van der Waals surface area (Å²) in [5.74, 6) is -0.241. The van der Waals surface area contributed by atoms with Crippen LogP contribution in [0.3, 0.4) is 0 Å². The molecule has 16 heavy (non-hydrogen) atoms. The van der Waals surface area contributed by atoms with Crippen LogP contribution >= 0.6 is 0 Å². The van der Waals surface area contributed by atoms with Crippen LogP contribution < -0.4 is 0 Å². The normalized spacial score (nSPS) is 10.6. The number of hydrogen-bond donors (Lipinski definition) is 0. The average molecular weight is 262 g/mol. The Kier molecular flexibility index (Phi) is 35.1. The topological polar surface area (TPSA) is 93.8 Å². The second kappa shape index (κ2) is 23.4. The van der Waals surface area contributed by atoms with Crippen LogP contribution in [-0.4, -0.2) is 11.6 Å². The molecule has 0 amide bonds. The Morgan fingerprint density at radius 2 is 1.06 bits per heavy atom. The molecule has 1 aliphatic carbocycles. The SMILES string of the molecule is O=C1C=CC=CC(=O)C1.[C-]#[O+].[C-]#[O+].[C-]#[O+].[Fe]. The zero-order valence-electron chi connectivity index (χ0n) is 7.91. The minimum atomic E-state index is -0.120. The van der Waals surface area contributed by atoms with Gasteiger partial charge in [-0.25, -0.2) is 0 Å². The van der Waals surface area contributed by atoms with Crippen molar-refractivity contribution in [2.75, 3.05) is 0 Å². The third-order valence-corrected chi connectivity index (χ3v) is 1.02. The fourth-order valence-corrected chi connectivity index (χ4v) is 0.615. The fraction of sp³-hybridized carbons (Fsp3) is 0.100. The van der Waals surface area contributed by atoms with Gasteiger partial charge in [0, 0.05) is 17.1 Å². The first kappa shape index (κ1) is 24.0. The van der Waals surface area contributed by atoms with Gasteiger partial charge in [0.15, 0.2) is 11.6 Å². The van der Waals surface area contributed by atoms with Crippen molar-refractivity contribution in [1.82, 2.24) is 0 Å². The molecule has 0 saturated heterocycles. The van der Waals surface area contributed by atoms with Crippen molar-refractivity contribution in [3.05, 3.63) is 44.3 Å². The van der Waals surface area contributed by atoms with E-state index in [1.165, 1.54) is 12.2 Å². The molecule has 0 aromatic heterocycles. The first-order valence-electron chi connectivity index (χ1n) is 3.31. The van der Waals surface area contributed by atoms with Gasteiger partial charge in [-0.05, 0) is 12.2 Å². The number of allylic oxidation sites excluding steroid dienone is 4. The van der Waals surface area contributed by atoms with Crippen molar-refractivity contribution in [2.45, 2.75) is 6.42 Å². The summed E-state index contributed by atoms with van der Waals surface area (Å²) in [6.45, 7) is 13.5. The standard InChI is InChI=1S/C7H6O2.3CO.Fe/c8-6-3-1-2-4-7(9)5-6;3*1-2;/h1-4H,5H2;;;;. The zero-order valence-corrected chi connectivity index (χ0v) is 9.02. The minimum absolute atomic E-state index is 0. The predicted octanol–water partition coefficient (Wildman–Crippen LogP) is 0.526. The third-order valence-electron chi connectivity index (χ3n) is 1.02. The molecule has 0 heterocycles. The summed E-state index contributed by atoms with van der Waals surface area (Å²) in [5.41, 5.74) is 0. The van der Waals surface area contributed by atoms with Crippen LogP contribution in [0.15, 0.2) is 24.3 Å². The zero-order chi connectivity index (χ0) is 12.7. The molecule has 1 rings (SSSR count). The smallest absolute Gasteiger partial charge is 0 e. The van der Waals surface area contributed by atoms with E-state index >= 15 is 0 Å². The van der Waals surface area contributed by atoms with E-state index in [0.29, 0.717) is 0 Å². The first-order chi connectivity index (χ1) is 7.29. The first-order valence-corrected chi connectivity index (χ1v) is 3.31. The van der Waals surface area contributed by atoms with Crippen LogP contribution in [0.4, 0.5) is 0 Å². The van der Waals surface area contributed by atoms with Gasteiger partial charge in [0.25, 0.3) is 0 Å². The van der Waals surface area contributed by atoms with Crippen molar-refractivity contribution < 1.29 is 40.6 Å². The summed E-state index contributed by atoms with van der Waals surface area (Å²) in [7, 11) is 0. The van der Waals surface area contributed by atoms with Crippen molar-refractivity contribution in [2.24, 2.45) is 0 Å². The van der Waals surface area contributed by atoms with Crippen LogP contribution in [0.25, 0.3) is 0 Å². The summed E-state index contributed by atoms with van der Waals surface area (Å²) >= 11 is 0. The predicted molar refractivity (Wildman–Crippen MR) is 44.7 cm³/mol. The van der Waals surface area contributed by atoms with Gasteiger partial charge in [-0.15, -0.1) is 0 Å². The van der Waals surface area contributed by atoms with E-state index in [9.17, 15) is 9.59 Å². The molecule has 84 valence electrons. The molecular formula is C10H6FeO5. The summed E-state index contributed by atoms with van der Waals surface area (Å²) in [4.78, 5) is 21.1. The molecule has 1 aliphatic rings. The van der Waals surface area contributed by atoms with Crippen molar-refractivity contribution in [3.8, 4) is 0 Å². The summed E-state index contributed by atoms with van der Waals surface area (Å²) in [6.07, 6.45) is 5.98. The van der Waals surface area contributed by atoms with Crippen LogP contribution in [0, 0.1) is 20.0 Å². The molecule has 0 aromatic carbocycles. The van der Waals surface area contributed by atoms with Crippen LogP contribution in [0.1, 0.15) is 6.42 Å². The van der Waals surface area contributed by atoms with Gasteiger partial charge in [-0.3, -0.25) is 9.59 Å². The summed E-state index contributed by atoms with van der Waals surface area (Å²) in [6, 6.07) is 0. The van der Waals surface area contributed by atoms with Crippen molar-refractivity contribution >= 4 is 11.6 Å². The monoisotopic (exact) mass is 262 g/mol. The molecule has 0 radical (unpaired) electrons. The second-order valence-electron chi connectivity index (χ2n) is 1.83. The molecule has 6 heteroatoms. The van der Waals surface area contributed by atoms with Crippen LogP contribution in [0.2, 0.25) is 0 Å². The Morgan fingerprint density at radius 1 is 0.812 bits per heavy atom. The fourth-order valence-electron chi connectivity index (χ4n) is 0.615. The molecule has 0 N–H and O–H groups in total. The molecule has 0 aromatic rings. The largest absolute Gasteiger partial charge is 0 e. The third kappa shape index (κ3) is 18.4. The molecule has 0 bridgehead atoms. The Morgan fingerprint density at radius 3 is 1.31 bits per heavy atom. The van der Waals surface area contributed by atoms with Crippen molar-refractivity contribution in [3.63, 3.8) is 0 Å². The molecule has 0 atom stereocenters. The van der Waals surface area contributed by atoms with Gasteiger partial charge in [0.2, 0.25) is 0 Å². The van der Waals surface area contributed by atoms with Crippen LogP contribution in [0.5, 0.6) is 0 Å². The Balaban J connectivity index is -0.0000000900. The maximum atomic E-state index is 10.5. The van der Waals surface area contributed by atoms with Crippen molar-refractivity contribution in [1.29, 1.82) is 0 Å². The van der Waals surface area contributed by atoms with E-state index in [4.69, 9.17) is 14.0 Å². The van der Waals surface area contributed by atoms with Gasteiger partial charge in [0.1, 0.15) is 0 Å². The van der Waals surface area contributed by atoms with Gasteiger partial charge in [-0.2, -0.15) is 0 Å². The Labute approximate surface area is 103 Å². The van der Waals surface area contributed by atoms with E-state index in [2.05, 4.69) is 20.0 Å². The Hall–Kier alpha value is -1.44. The average Bonchev–Trinajstić information content (AvgIpc) is 2.50. The molecule has 0 fully saturated rings. The molecule has 0 spiro atoms. The maximum Gasteiger partial charge on any atom is 0 e. The molecule has 0 unspecified atom stereocenters. The molecular weight excluding hydrogens is 256 g/mol. The van der Waals surface area contributed by atoms with Crippen LogP contribution in [-0.2, 0) is 40.6 Å². The maximum absolute atomic E-state index is 10.5. The quantitative estimate of drug-likeness (QED) is 0.275. The number of ketones is 2. The van der Waals surface area contributed by atoms with Gasteiger partial charge >= 0.3 is 33.9 Å². The summed E-state index contributed by atoms with van der Waals surface area (Å²) < 4.78 is 22.5. The second-order valence-corrected chi connectivity index (χ2v) is 1.83. The van der Waals surface area contributed by atoms with Gasteiger partial charge in [-0.1, -0.05) is 12.2 Å². The number of carbonyl (C=O) groups excluding carboxylic acids is 2. The molecule has 0 aliphatic heterocycles. The van der Waals surface area contributed by atoms with E-state index in [1.807, 2.05) is 0 Å². The summed E-state index contributed by atoms with van der Waals surface area (Å²) in [5, 5.41) is 0. The van der Waals surface area contributed by atoms with Gasteiger partial charge < -0.3 is 0 Å². The van der Waals surface area contributed by atoms with E-state index in [0.717, 1.165) is 0 Å².